The van der Waals surface area contributed by atoms with Crippen LogP contribution in [0.25, 0.3) is 0 Å². The maximum absolute atomic E-state index is 5.27. The van der Waals surface area contributed by atoms with Crippen molar-refractivity contribution in [3.8, 4) is 5.75 Å². The molecule has 0 aliphatic rings. The Hall–Kier alpha value is -0.400. The van der Waals surface area contributed by atoms with Gasteiger partial charge in [0.2, 0.25) is 0 Å². The highest BCUT2D eigenvalue weighted by Crippen LogP contribution is 2.19. The van der Waals surface area contributed by atoms with E-state index in [1.165, 1.54) is 0 Å². The minimum Gasteiger partial charge on any atom is -0.452 e. The summed E-state index contributed by atoms with van der Waals surface area (Å²) >= 11 is 10.5. The van der Waals surface area contributed by atoms with Gasteiger partial charge in [0, 0.05) is 0 Å². The number of ether oxygens (including phenoxy) is 1. The molecule has 0 unspecified atom stereocenters. The molecule has 0 aromatic heterocycles. The smallest absolute Gasteiger partial charge is 0.328 e. The van der Waals surface area contributed by atoms with Gasteiger partial charge < -0.3 is 4.74 Å². The van der Waals surface area contributed by atoms with Gasteiger partial charge in [-0.1, -0.05) is 41.4 Å². The standard InChI is InChI=1S/C7H5Cl2O/c8-7(9)10-6-4-2-1-3-5-6/h1-5H. The van der Waals surface area contributed by atoms with Crippen LogP contribution in [0.3, 0.4) is 0 Å². The maximum Gasteiger partial charge on any atom is 0.328 e. The van der Waals surface area contributed by atoms with Crippen molar-refractivity contribution in [1.82, 2.24) is 0 Å². The first kappa shape index (κ1) is 7.70. The number of halogens is 2. The van der Waals surface area contributed by atoms with E-state index in [1.807, 2.05) is 18.2 Å². The Morgan fingerprint density at radius 3 is 2.20 bits per heavy atom. The van der Waals surface area contributed by atoms with Crippen LogP contribution < -0.4 is 4.74 Å². The van der Waals surface area contributed by atoms with Crippen molar-refractivity contribution in [1.29, 1.82) is 0 Å². The summed E-state index contributed by atoms with van der Waals surface area (Å²) in [5, 5.41) is -0.0915. The molecule has 0 saturated carbocycles. The molecule has 10 heavy (non-hydrogen) atoms. The Kier molecular flexibility index (Phi) is 2.84. The molecule has 3 heteroatoms. The number of hydrogen-bond acceptors (Lipinski definition) is 1. The van der Waals surface area contributed by atoms with Crippen molar-refractivity contribution in [3.05, 3.63) is 35.4 Å². The molecule has 0 heterocycles. The van der Waals surface area contributed by atoms with Crippen LogP contribution in [0.1, 0.15) is 0 Å². The molecule has 1 nitrogen and oxygen atoms in total. The molecular weight excluding hydrogens is 171 g/mol. The first-order valence-electron chi connectivity index (χ1n) is 2.70. The van der Waals surface area contributed by atoms with Crippen LogP contribution in [0.4, 0.5) is 0 Å². The molecule has 1 rings (SSSR count). The minimum absolute atomic E-state index is 0.0915. The van der Waals surface area contributed by atoms with Crippen molar-refractivity contribution in [3.63, 3.8) is 0 Å². The predicted octanol–water partition coefficient (Wildman–Crippen LogP) is 2.99. The molecule has 0 aliphatic heterocycles. The molecule has 1 aromatic rings. The van der Waals surface area contributed by atoms with E-state index in [0.29, 0.717) is 5.75 Å². The number of para-hydroxylation sites is 1. The van der Waals surface area contributed by atoms with Gasteiger partial charge in [0.25, 0.3) is 0 Å². The maximum atomic E-state index is 5.27. The Morgan fingerprint density at radius 1 is 1.10 bits per heavy atom. The highest BCUT2D eigenvalue weighted by molar-refractivity contribution is 6.51. The topological polar surface area (TPSA) is 9.23 Å². The first-order valence-corrected chi connectivity index (χ1v) is 3.45. The van der Waals surface area contributed by atoms with E-state index in [-0.39, 0.29) is 5.02 Å². The second kappa shape index (κ2) is 3.69. The highest BCUT2D eigenvalue weighted by atomic mass is 35.5. The van der Waals surface area contributed by atoms with Crippen LogP contribution >= 0.6 is 23.2 Å². The van der Waals surface area contributed by atoms with E-state index >= 15 is 0 Å². The van der Waals surface area contributed by atoms with Crippen molar-refractivity contribution in [2.75, 3.05) is 0 Å². The molecule has 0 fully saturated rings. The summed E-state index contributed by atoms with van der Waals surface area (Å²) in [6, 6.07) is 9.10. The summed E-state index contributed by atoms with van der Waals surface area (Å²) in [6.07, 6.45) is 0. The first-order chi connectivity index (χ1) is 4.79. The van der Waals surface area contributed by atoms with Gasteiger partial charge in [0.1, 0.15) is 5.75 Å². The average Bonchev–Trinajstić information content (AvgIpc) is 1.88. The van der Waals surface area contributed by atoms with Gasteiger partial charge in [-0.05, 0) is 12.1 Å². The largest absolute Gasteiger partial charge is 0.452 e. The van der Waals surface area contributed by atoms with E-state index in [0.717, 1.165) is 0 Å². The van der Waals surface area contributed by atoms with Gasteiger partial charge in [-0.2, -0.15) is 0 Å². The van der Waals surface area contributed by atoms with Crippen molar-refractivity contribution in [2.45, 2.75) is 0 Å². The van der Waals surface area contributed by atoms with E-state index in [4.69, 9.17) is 27.9 Å². The van der Waals surface area contributed by atoms with Crippen LogP contribution in [0.15, 0.2) is 30.3 Å². The van der Waals surface area contributed by atoms with E-state index in [2.05, 4.69) is 0 Å². The van der Waals surface area contributed by atoms with Crippen molar-refractivity contribution in [2.24, 2.45) is 0 Å². The summed E-state index contributed by atoms with van der Waals surface area (Å²) in [5.74, 6) is 0.641. The lowest BCUT2D eigenvalue weighted by molar-refractivity contribution is 0.431. The third-order valence-corrected chi connectivity index (χ3v) is 1.09. The van der Waals surface area contributed by atoms with E-state index in [1.54, 1.807) is 12.1 Å². The fraction of sp³-hybridized carbons (Fsp3) is 0. The normalized spacial score (nSPS) is 9.90. The Labute approximate surface area is 69.5 Å². The lowest BCUT2D eigenvalue weighted by Gasteiger charge is -2.01. The molecule has 0 spiro atoms. The third kappa shape index (κ3) is 2.46. The molecular formula is C7H5Cl2O. The van der Waals surface area contributed by atoms with Crippen LogP contribution in [0.5, 0.6) is 5.75 Å². The fourth-order valence-corrected chi connectivity index (χ4v) is 0.756. The summed E-state index contributed by atoms with van der Waals surface area (Å²) in [4.78, 5) is 0. The third-order valence-electron chi connectivity index (χ3n) is 0.938. The van der Waals surface area contributed by atoms with Gasteiger partial charge >= 0.3 is 5.02 Å². The second-order valence-electron chi connectivity index (χ2n) is 1.64. The highest BCUT2D eigenvalue weighted by Gasteiger charge is 2.00. The van der Waals surface area contributed by atoms with Gasteiger partial charge in [0.15, 0.2) is 0 Å². The fourth-order valence-electron chi connectivity index (χ4n) is 0.578. The number of hydrogen-bond donors (Lipinski definition) is 0. The zero-order valence-electron chi connectivity index (χ0n) is 5.05. The minimum atomic E-state index is -0.0915. The summed E-state index contributed by atoms with van der Waals surface area (Å²) in [5.41, 5.74) is 0. The van der Waals surface area contributed by atoms with Crippen LogP contribution in [-0.4, -0.2) is 0 Å². The molecule has 0 atom stereocenters. The van der Waals surface area contributed by atoms with Gasteiger partial charge in [-0.25, -0.2) is 0 Å². The SMILES string of the molecule is Cl[C](Cl)Oc1ccccc1. The van der Waals surface area contributed by atoms with Crippen molar-refractivity contribution >= 4 is 23.2 Å². The Bertz CT molecular complexity index is 186. The van der Waals surface area contributed by atoms with Crippen LogP contribution in [-0.2, 0) is 0 Å². The summed E-state index contributed by atoms with van der Waals surface area (Å²) in [7, 11) is 0. The van der Waals surface area contributed by atoms with Gasteiger partial charge in [-0.15, -0.1) is 0 Å². The zero-order chi connectivity index (χ0) is 7.40. The molecule has 0 N–H and O–H groups in total. The molecule has 0 aliphatic carbocycles. The molecule has 0 bridgehead atoms. The molecule has 53 valence electrons. The zero-order valence-corrected chi connectivity index (χ0v) is 6.56. The molecule has 0 saturated heterocycles. The van der Waals surface area contributed by atoms with E-state index in [9.17, 15) is 0 Å². The monoisotopic (exact) mass is 175 g/mol. The van der Waals surface area contributed by atoms with Gasteiger partial charge in [-0.3, -0.25) is 0 Å². The second-order valence-corrected chi connectivity index (χ2v) is 2.52. The van der Waals surface area contributed by atoms with Gasteiger partial charge in [0.05, 0.1) is 0 Å². The van der Waals surface area contributed by atoms with E-state index < -0.39 is 0 Å². The Balaban J connectivity index is 2.59. The average molecular weight is 176 g/mol. The van der Waals surface area contributed by atoms with Crippen molar-refractivity contribution < 1.29 is 4.74 Å². The predicted molar refractivity (Wildman–Crippen MR) is 42.0 cm³/mol. The van der Waals surface area contributed by atoms with Crippen LogP contribution in [0.2, 0.25) is 0 Å². The quantitative estimate of drug-likeness (QED) is 0.672. The molecule has 1 aromatic carbocycles. The summed E-state index contributed by atoms with van der Waals surface area (Å²) < 4.78 is 4.86. The Morgan fingerprint density at radius 2 is 1.70 bits per heavy atom. The molecule has 0 amide bonds. The lowest BCUT2D eigenvalue weighted by atomic mass is 10.3. The summed E-state index contributed by atoms with van der Waals surface area (Å²) in [6.45, 7) is 0. The number of benzene rings is 1. The lowest BCUT2D eigenvalue weighted by Crippen LogP contribution is -1.89. The molecule has 1 radical (unpaired) electrons. The van der Waals surface area contributed by atoms with Crippen LogP contribution in [0, 0.1) is 5.02 Å². The number of rotatable bonds is 2.